The van der Waals surface area contributed by atoms with E-state index in [2.05, 4.69) is 4.98 Å². The molecule has 26 heavy (non-hydrogen) atoms. The van der Waals surface area contributed by atoms with Crippen LogP contribution in [0.25, 0.3) is 6.08 Å². The first kappa shape index (κ1) is 19.0. The third kappa shape index (κ3) is 4.59. The quantitative estimate of drug-likeness (QED) is 0.439. The van der Waals surface area contributed by atoms with Gasteiger partial charge in [0.1, 0.15) is 22.7 Å². The summed E-state index contributed by atoms with van der Waals surface area (Å²) in [7, 11) is 0. The number of halogens is 3. The van der Waals surface area contributed by atoms with Gasteiger partial charge in [-0.05, 0) is 29.8 Å². The Bertz CT molecular complexity index is 941. The van der Waals surface area contributed by atoms with E-state index in [1.807, 2.05) is 0 Å². The molecule has 6 nitrogen and oxygen atoms in total. The molecule has 0 unspecified atom stereocenters. The Labute approximate surface area is 149 Å². The Kier molecular flexibility index (Phi) is 5.60. The number of alkyl halides is 3. The van der Waals surface area contributed by atoms with Crippen LogP contribution in [-0.4, -0.2) is 9.91 Å². The van der Waals surface area contributed by atoms with Gasteiger partial charge in [-0.1, -0.05) is 11.8 Å². The minimum Gasteiger partial charge on any atom is -0.258 e. The highest BCUT2D eigenvalue weighted by Crippen LogP contribution is 2.34. The van der Waals surface area contributed by atoms with Crippen molar-refractivity contribution in [2.75, 3.05) is 0 Å². The van der Waals surface area contributed by atoms with E-state index in [1.165, 1.54) is 24.3 Å². The molecule has 2 aromatic rings. The van der Waals surface area contributed by atoms with Gasteiger partial charge < -0.3 is 0 Å². The summed E-state index contributed by atoms with van der Waals surface area (Å²) in [5, 5.41) is 28.8. The van der Waals surface area contributed by atoms with Gasteiger partial charge in [-0.15, -0.1) is 0 Å². The lowest BCUT2D eigenvalue weighted by Gasteiger charge is -2.08. The normalized spacial score (nSPS) is 10.5. The summed E-state index contributed by atoms with van der Waals surface area (Å²) < 4.78 is 37.7. The van der Waals surface area contributed by atoms with Crippen LogP contribution < -0.4 is 0 Å². The second-order valence-electron chi connectivity index (χ2n) is 4.75. The molecular weight excluding hydrogens is 369 g/mol. The van der Waals surface area contributed by atoms with Crippen molar-refractivity contribution in [3.8, 4) is 12.1 Å². The second kappa shape index (κ2) is 7.68. The van der Waals surface area contributed by atoms with E-state index >= 15 is 0 Å². The maximum Gasteiger partial charge on any atom is 0.417 e. The van der Waals surface area contributed by atoms with Gasteiger partial charge >= 0.3 is 6.18 Å². The van der Waals surface area contributed by atoms with Gasteiger partial charge in [0, 0.05) is 23.2 Å². The molecule has 0 amide bonds. The van der Waals surface area contributed by atoms with E-state index < -0.39 is 16.7 Å². The average molecular weight is 376 g/mol. The Balaban J connectivity index is 2.43. The van der Waals surface area contributed by atoms with E-state index in [4.69, 9.17) is 10.5 Å². The molecular formula is C16H7F3N4O2S. The zero-order valence-electron chi connectivity index (χ0n) is 12.7. The van der Waals surface area contributed by atoms with Crippen molar-refractivity contribution in [2.24, 2.45) is 0 Å². The van der Waals surface area contributed by atoms with Crippen molar-refractivity contribution in [3.05, 3.63) is 63.3 Å². The molecule has 0 fully saturated rings. The predicted molar refractivity (Wildman–Crippen MR) is 85.7 cm³/mol. The fraction of sp³-hybridized carbons (Fsp3) is 0.0625. The van der Waals surface area contributed by atoms with E-state index in [-0.39, 0.29) is 21.8 Å². The van der Waals surface area contributed by atoms with Crippen molar-refractivity contribution in [2.45, 2.75) is 16.1 Å². The number of aromatic nitrogens is 1. The van der Waals surface area contributed by atoms with E-state index in [9.17, 15) is 23.3 Å². The molecule has 0 saturated carbocycles. The minimum absolute atomic E-state index is 0.212. The molecule has 10 heteroatoms. The maximum atomic E-state index is 12.6. The summed E-state index contributed by atoms with van der Waals surface area (Å²) in [4.78, 5) is 14.4. The summed E-state index contributed by atoms with van der Waals surface area (Å²) >= 11 is 0.952. The lowest BCUT2D eigenvalue weighted by atomic mass is 10.1. The maximum absolute atomic E-state index is 12.6. The highest BCUT2D eigenvalue weighted by atomic mass is 32.2. The first-order valence-electron chi connectivity index (χ1n) is 6.76. The molecule has 1 aromatic carbocycles. The number of nitro benzene ring substituents is 1. The highest BCUT2D eigenvalue weighted by molar-refractivity contribution is 7.99. The summed E-state index contributed by atoms with van der Waals surface area (Å²) in [6.45, 7) is 0. The van der Waals surface area contributed by atoms with Crippen LogP contribution in [-0.2, 0) is 6.18 Å². The van der Waals surface area contributed by atoms with Crippen LogP contribution >= 0.6 is 11.8 Å². The molecule has 0 aliphatic rings. The number of hydrogen-bond acceptors (Lipinski definition) is 6. The second-order valence-corrected chi connectivity index (χ2v) is 5.81. The van der Waals surface area contributed by atoms with Crippen LogP contribution in [0.1, 0.15) is 11.1 Å². The van der Waals surface area contributed by atoms with Gasteiger partial charge in [0.15, 0.2) is 0 Å². The molecule has 0 saturated heterocycles. The van der Waals surface area contributed by atoms with Crippen molar-refractivity contribution >= 4 is 23.5 Å². The largest absolute Gasteiger partial charge is 0.417 e. The number of rotatable bonds is 4. The monoisotopic (exact) mass is 376 g/mol. The highest BCUT2D eigenvalue weighted by Gasteiger charge is 2.30. The molecule has 1 aromatic heterocycles. The molecule has 0 aliphatic heterocycles. The Morgan fingerprint density at radius 1 is 1.23 bits per heavy atom. The van der Waals surface area contributed by atoms with Gasteiger partial charge in [-0.3, -0.25) is 10.1 Å². The number of pyridine rings is 1. The first-order chi connectivity index (χ1) is 12.2. The van der Waals surface area contributed by atoms with Gasteiger partial charge in [-0.25, -0.2) is 4.98 Å². The first-order valence-corrected chi connectivity index (χ1v) is 7.57. The van der Waals surface area contributed by atoms with Crippen LogP contribution in [0.5, 0.6) is 0 Å². The third-order valence-corrected chi connectivity index (χ3v) is 4.07. The Morgan fingerprint density at radius 3 is 2.42 bits per heavy atom. The van der Waals surface area contributed by atoms with E-state index in [1.54, 1.807) is 12.1 Å². The minimum atomic E-state index is -4.51. The van der Waals surface area contributed by atoms with Crippen molar-refractivity contribution < 1.29 is 18.1 Å². The Hall–Kier alpha value is -3.37. The van der Waals surface area contributed by atoms with Crippen LogP contribution in [0.4, 0.5) is 18.9 Å². The van der Waals surface area contributed by atoms with Crippen LogP contribution in [0.2, 0.25) is 0 Å². The topological polar surface area (TPSA) is 104 Å². The average Bonchev–Trinajstić information content (AvgIpc) is 2.60. The van der Waals surface area contributed by atoms with Gasteiger partial charge in [-0.2, -0.15) is 23.7 Å². The molecule has 0 aliphatic carbocycles. The van der Waals surface area contributed by atoms with Gasteiger partial charge in [0.05, 0.1) is 10.5 Å². The van der Waals surface area contributed by atoms with E-state index in [0.29, 0.717) is 11.1 Å². The molecule has 0 N–H and O–H groups in total. The number of allylic oxidation sites excluding steroid dienone is 1. The number of nitrogens with zero attached hydrogens (tertiary/aromatic N) is 4. The summed E-state index contributed by atoms with van der Waals surface area (Å²) in [5.41, 5.74) is -1.21. The molecule has 2 rings (SSSR count). The lowest BCUT2D eigenvalue weighted by molar-refractivity contribution is -0.384. The summed E-state index contributed by atoms with van der Waals surface area (Å²) in [6.07, 6.45) is -2.66. The van der Waals surface area contributed by atoms with Gasteiger partial charge in [0.2, 0.25) is 0 Å². The molecule has 1 heterocycles. The molecule has 0 atom stereocenters. The van der Waals surface area contributed by atoms with E-state index in [0.717, 1.165) is 23.9 Å². The number of non-ortho nitro benzene ring substituents is 1. The predicted octanol–water partition coefficient (Wildman–Crippen LogP) is 4.59. The van der Waals surface area contributed by atoms with Crippen molar-refractivity contribution in [3.63, 3.8) is 0 Å². The summed E-state index contributed by atoms with van der Waals surface area (Å²) in [6, 6.07) is 9.07. The zero-order chi connectivity index (χ0) is 19.3. The summed E-state index contributed by atoms with van der Waals surface area (Å²) in [5.74, 6) is 0. The van der Waals surface area contributed by atoms with Crippen LogP contribution in [0.3, 0.4) is 0 Å². The fourth-order valence-corrected chi connectivity index (χ4v) is 2.66. The molecule has 0 spiro atoms. The zero-order valence-corrected chi connectivity index (χ0v) is 13.5. The molecule has 0 bridgehead atoms. The van der Waals surface area contributed by atoms with Crippen molar-refractivity contribution in [1.82, 2.24) is 4.98 Å². The number of nitro groups is 1. The molecule has 130 valence electrons. The van der Waals surface area contributed by atoms with Crippen LogP contribution in [0, 0.1) is 32.8 Å². The standard InChI is InChI=1S/C16H7F3N4O2S/c17-16(18,19)12-1-4-15(22-9-12)26-14-3-2-13(23(24)25)6-11(14)5-10(7-20)8-21/h1-6,9H. The fourth-order valence-electron chi connectivity index (χ4n) is 1.82. The van der Waals surface area contributed by atoms with Crippen molar-refractivity contribution in [1.29, 1.82) is 10.5 Å². The van der Waals surface area contributed by atoms with Crippen LogP contribution in [0.15, 0.2) is 52.0 Å². The van der Waals surface area contributed by atoms with Gasteiger partial charge in [0.25, 0.3) is 5.69 Å². The number of benzene rings is 1. The Morgan fingerprint density at radius 2 is 1.92 bits per heavy atom. The lowest BCUT2D eigenvalue weighted by Crippen LogP contribution is -2.05. The molecule has 0 radical (unpaired) electrons. The smallest absolute Gasteiger partial charge is 0.258 e. The number of nitriles is 2. The third-order valence-electron chi connectivity index (χ3n) is 3.02. The SMILES string of the molecule is N#CC(C#N)=Cc1cc([N+](=O)[O-])ccc1Sc1ccc(C(F)(F)F)cn1. The number of hydrogen-bond donors (Lipinski definition) is 0.